The third-order valence-corrected chi connectivity index (χ3v) is 5.44. The summed E-state index contributed by atoms with van der Waals surface area (Å²) in [7, 11) is 3.86. The first kappa shape index (κ1) is 13.6. The number of hydrogen-bond donors (Lipinski definition) is 0. The van der Waals surface area contributed by atoms with Gasteiger partial charge in [0.15, 0.2) is 0 Å². The first-order valence-corrected chi connectivity index (χ1v) is 7.51. The lowest BCUT2D eigenvalue weighted by Gasteiger charge is -2.54. The van der Waals surface area contributed by atoms with Gasteiger partial charge in [-0.15, -0.1) is 0 Å². The zero-order chi connectivity index (χ0) is 14.2. The minimum Gasteiger partial charge on any atom is -0.497 e. The zero-order valence-corrected chi connectivity index (χ0v) is 12.3. The summed E-state index contributed by atoms with van der Waals surface area (Å²) in [6.45, 7) is 1.08. The van der Waals surface area contributed by atoms with Crippen LogP contribution in [0.4, 0.5) is 0 Å². The van der Waals surface area contributed by atoms with Crippen molar-refractivity contribution in [3.05, 3.63) is 29.8 Å². The fourth-order valence-electron chi connectivity index (χ4n) is 4.30. The number of nitrogens with zero attached hydrogens (tertiary/aromatic N) is 1. The van der Waals surface area contributed by atoms with Crippen molar-refractivity contribution in [1.29, 1.82) is 0 Å². The van der Waals surface area contributed by atoms with E-state index in [1.54, 1.807) is 7.11 Å². The predicted octanol–water partition coefficient (Wildman–Crippen LogP) is 2.64. The Morgan fingerprint density at radius 1 is 1.40 bits per heavy atom. The van der Waals surface area contributed by atoms with Crippen LogP contribution in [0.5, 0.6) is 5.75 Å². The number of methoxy groups -OCH3 is 1. The van der Waals surface area contributed by atoms with E-state index in [-0.39, 0.29) is 11.3 Å². The lowest BCUT2D eigenvalue weighted by atomic mass is 9.57. The molecule has 0 spiro atoms. The molecule has 2 fully saturated rings. The van der Waals surface area contributed by atoms with Crippen molar-refractivity contribution in [1.82, 2.24) is 4.90 Å². The number of piperidine rings is 1. The Hall–Kier alpha value is -1.35. The summed E-state index contributed by atoms with van der Waals surface area (Å²) in [6.07, 6.45) is 5.74. The minimum absolute atomic E-state index is 0.0196. The van der Waals surface area contributed by atoms with E-state index in [1.165, 1.54) is 18.3 Å². The molecule has 1 saturated carbocycles. The van der Waals surface area contributed by atoms with Crippen LogP contribution in [-0.4, -0.2) is 37.9 Å². The van der Waals surface area contributed by atoms with Crippen LogP contribution < -0.4 is 4.74 Å². The summed E-state index contributed by atoms with van der Waals surface area (Å²) in [5.41, 5.74) is 1.30. The number of aldehydes is 1. The average molecular weight is 273 g/mol. The van der Waals surface area contributed by atoms with E-state index in [1.807, 2.05) is 12.1 Å². The van der Waals surface area contributed by atoms with Crippen LogP contribution in [0.15, 0.2) is 24.3 Å². The quantitative estimate of drug-likeness (QED) is 0.793. The fraction of sp³-hybridized carbons (Fsp3) is 0.588. The molecule has 1 saturated heterocycles. The maximum absolute atomic E-state index is 11.8. The van der Waals surface area contributed by atoms with Crippen LogP contribution in [0.3, 0.4) is 0 Å². The van der Waals surface area contributed by atoms with E-state index in [9.17, 15) is 4.79 Å². The molecular formula is C17H23NO2. The van der Waals surface area contributed by atoms with Gasteiger partial charge in [-0.1, -0.05) is 18.6 Å². The second kappa shape index (κ2) is 5.21. The lowest BCUT2D eigenvalue weighted by Crippen LogP contribution is -2.58. The molecule has 1 aliphatic heterocycles. The highest BCUT2D eigenvalue weighted by atomic mass is 16.5. The molecule has 1 aromatic carbocycles. The summed E-state index contributed by atoms with van der Waals surface area (Å²) in [5, 5.41) is 0. The number of hydrogen-bond acceptors (Lipinski definition) is 3. The first-order chi connectivity index (χ1) is 9.71. The van der Waals surface area contributed by atoms with E-state index in [2.05, 4.69) is 24.1 Å². The van der Waals surface area contributed by atoms with Crippen LogP contribution in [0.25, 0.3) is 0 Å². The highest BCUT2D eigenvalue weighted by Gasteiger charge is 2.50. The second-order valence-electron chi connectivity index (χ2n) is 6.24. The van der Waals surface area contributed by atoms with Crippen LogP contribution in [0, 0.1) is 5.92 Å². The van der Waals surface area contributed by atoms with Crippen molar-refractivity contribution in [2.75, 3.05) is 20.7 Å². The zero-order valence-electron chi connectivity index (χ0n) is 12.3. The smallest absolute Gasteiger partial charge is 0.125 e. The number of fused-ring (bicyclic) bond motifs is 2. The summed E-state index contributed by atoms with van der Waals surface area (Å²) >= 11 is 0. The maximum Gasteiger partial charge on any atom is 0.125 e. The number of carbonyl (C=O) groups excluding carboxylic acids is 1. The Labute approximate surface area is 120 Å². The summed E-state index contributed by atoms with van der Waals surface area (Å²) in [5.74, 6) is 1.00. The van der Waals surface area contributed by atoms with Gasteiger partial charge in [0.05, 0.1) is 7.11 Å². The van der Waals surface area contributed by atoms with Gasteiger partial charge in [0.25, 0.3) is 0 Å². The highest BCUT2D eigenvalue weighted by molar-refractivity contribution is 5.60. The van der Waals surface area contributed by atoms with Gasteiger partial charge in [-0.3, -0.25) is 0 Å². The number of benzene rings is 1. The normalized spacial score (nSPS) is 33.7. The minimum atomic E-state index is 0.0196. The van der Waals surface area contributed by atoms with E-state index in [0.29, 0.717) is 6.04 Å². The molecular weight excluding hydrogens is 250 g/mol. The van der Waals surface area contributed by atoms with E-state index in [0.717, 1.165) is 31.6 Å². The molecule has 3 nitrogen and oxygen atoms in total. The predicted molar refractivity (Wildman–Crippen MR) is 79.1 cm³/mol. The molecule has 1 aromatic rings. The van der Waals surface area contributed by atoms with Gasteiger partial charge in [0.1, 0.15) is 12.0 Å². The molecule has 108 valence electrons. The Morgan fingerprint density at radius 3 is 3.00 bits per heavy atom. The monoisotopic (exact) mass is 273 g/mol. The Bertz CT molecular complexity index is 502. The molecule has 2 aliphatic rings. The van der Waals surface area contributed by atoms with Crippen LogP contribution in [-0.2, 0) is 10.2 Å². The van der Waals surface area contributed by atoms with Crippen LogP contribution >= 0.6 is 0 Å². The topological polar surface area (TPSA) is 29.5 Å². The molecule has 1 heterocycles. The number of carbonyl (C=O) groups is 1. The highest BCUT2D eigenvalue weighted by Crippen LogP contribution is 2.50. The van der Waals surface area contributed by atoms with Crippen LogP contribution in [0.2, 0.25) is 0 Å². The van der Waals surface area contributed by atoms with Crippen molar-refractivity contribution in [2.24, 2.45) is 5.92 Å². The van der Waals surface area contributed by atoms with Crippen molar-refractivity contribution >= 4 is 6.29 Å². The lowest BCUT2D eigenvalue weighted by molar-refractivity contribution is -0.120. The van der Waals surface area contributed by atoms with E-state index >= 15 is 0 Å². The maximum atomic E-state index is 11.8. The van der Waals surface area contributed by atoms with Gasteiger partial charge >= 0.3 is 0 Å². The van der Waals surface area contributed by atoms with E-state index < -0.39 is 0 Å². The first-order valence-electron chi connectivity index (χ1n) is 7.51. The standard InChI is InChI=1S/C17H23NO2/c1-18-10-9-17(8-4-7-16(18)15(17)12-19)13-5-3-6-14(11-13)20-2/h3,5-6,11-12,15-16H,4,7-10H2,1-2H3. The van der Waals surface area contributed by atoms with Crippen molar-refractivity contribution in [3.8, 4) is 5.75 Å². The molecule has 0 radical (unpaired) electrons. The molecule has 3 heteroatoms. The average Bonchev–Trinajstić information content (AvgIpc) is 2.50. The van der Waals surface area contributed by atoms with Gasteiger partial charge in [0.2, 0.25) is 0 Å². The van der Waals surface area contributed by atoms with Crippen LogP contribution in [0.1, 0.15) is 31.2 Å². The molecule has 1 aliphatic carbocycles. The third kappa shape index (κ3) is 1.96. The van der Waals surface area contributed by atoms with Gasteiger partial charge in [0, 0.05) is 17.4 Å². The number of ether oxygens (including phenoxy) is 1. The number of likely N-dealkylation sites (tertiary alicyclic amines) is 1. The Kier molecular flexibility index (Phi) is 3.55. The molecule has 0 amide bonds. The molecule has 0 aromatic heterocycles. The third-order valence-electron chi connectivity index (χ3n) is 5.44. The fourth-order valence-corrected chi connectivity index (χ4v) is 4.30. The van der Waals surface area contributed by atoms with Gasteiger partial charge in [-0.2, -0.15) is 0 Å². The SMILES string of the molecule is COc1cccc(C23CCCC(C2C=O)N(C)CC3)c1. The molecule has 20 heavy (non-hydrogen) atoms. The number of rotatable bonds is 3. The van der Waals surface area contributed by atoms with Crippen molar-refractivity contribution in [2.45, 2.75) is 37.1 Å². The van der Waals surface area contributed by atoms with Crippen molar-refractivity contribution in [3.63, 3.8) is 0 Å². The molecule has 3 rings (SSSR count). The second-order valence-corrected chi connectivity index (χ2v) is 6.24. The van der Waals surface area contributed by atoms with Gasteiger partial charge in [-0.05, 0) is 50.6 Å². The summed E-state index contributed by atoms with van der Waals surface area (Å²) in [6, 6.07) is 8.73. The summed E-state index contributed by atoms with van der Waals surface area (Å²) in [4.78, 5) is 14.2. The van der Waals surface area contributed by atoms with E-state index in [4.69, 9.17) is 4.74 Å². The molecule has 3 atom stereocenters. The Balaban J connectivity index is 2.05. The van der Waals surface area contributed by atoms with Gasteiger partial charge < -0.3 is 14.4 Å². The van der Waals surface area contributed by atoms with Gasteiger partial charge in [-0.25, -0.2) is 0 Å². The summed E-state index contributed by atoms with van der Waals surface area (Å²) < 4.78 is 5.37. The largest absolute Gasteiger partial charge is 0.497 e. The molecule has 2 bridgehead atoms. The molecule has 3 unspecified atom stereocenters. The molecule has 0 N–H and O–H groups in total. The van der Waals surface area contributed by atoms with Crippen molar-refractivity contribution < 1.29 is 9.53 Å². The Morgan fingerprint density at radius 2 is 2.25 bits per heavy atom.